The van der Waals surface area contributed by atoms with Crippen molar-refractivity contribution in [3.63, 3.8) is 0 Å². The van der Waals surface area contributed by atoms with E-state index in [2.05, 4.69) is 0 Å². The number of halogens is 3. The zero-order valence-electron chi connectivity index (χ0n) is 7.34. The molecule has 0 heterocycles. The number of aliphatic carboxylic acids is 2. The van der Waals surface area contributed by atoms with Crippen LogP contribution in [0.15, 0.2) is 0 Å². The first-order valence-corrected chi connectivity index (χ1v) is 3.88. The molecule has 1 aliphatic rings. The van der Waals surface area contributed by atoms with Crippen molar-refractivity contribution in [3.05, 3.63) is 0 Å². The van der Waals surface area contributed by atoms with Gasteiger partial charge in [-0.1, -0.05) is 0 Å². The average molecular weight is 227 g/mol. The van der Waals surface area contributed by atoms with E-state index in [0.717, 1.165) is 0 Å². The third-order valence-corrected chi connectivity index (χ3v) is 2.62. The molecule has 0 atom stereocenters. The molecule has 0 unspecified atom stereocenters. The van der Waals surface area contributed by atoms with Crippen LogP contribution in [0.3, 0.4) is 0 Å². The molecule has 1 saturated carbocycles. The maximum Gasteiger partial charge on any atom is 0.406 e. The summed E-state index contributed by atoms with van der Waals surface area (Å²) >= 11 is 0. The first-order chi connectivity index (χ1) is 6.55. The third kappa shape index (κ3) is 1.44. The van der Waals surface area contributed by atoms with E-state index in [-0.39, 0.29) is 0 Å². The number of carboxylic acid groups (broad SMARTS) is 2. The average Bonchev–Trinajstić information content (AvgIpc) is 1.94. The third-order valence-electron chi connectivity index (χ3n) is 2.62. The monoisotopic (exact) mass is 227 g/mol. The molecule has 0 radical (unpaired) electrons. The van der Waals surface area contributed by atoms with Crippen LogP contribution in [0.1, 0.15) is 12.8 Å². The van der Waals surface area contributed by atoms with Gasteiger partial charge in [0.15, 0.2) is 5.41 Å². The van der Waals surface area contributed by atoms with Crippen LogP contribution >= 0.6 is 0 Å². The summed E-state index contributed by atoms with van der Waals surface area (Å²) in [4.78, 5) is 21.1. The van der Waals surface area contributed by atoms with Gasteiger partial charge in [0.2, 0.25) is 0 Å². The van der Waals surface area contributed by atoms with Crippen molar-refractivity contribution >= 4 is 11.9 Å². The highest BCUT2D eigenvalue weighted by Crippen LogP contribution is 2.54. The molecule has 15 heavy (non-hydrogen) atoms. The summed E-state index contributed by atoms with van der Waals surface area (Å²) in [6.07, 6.45) is -7.05. The second-order valence-corrected chi connectivity index (χ2v) is 3.70. The largest absolute Gasteiger partial charge is 0.480 e. The van der Waals surface area contributed by atoms with Crippen molar-refractivity contribution < 1.29 is 33.0 Å². The lowest BCUT2D eigenvalue weighted by Gasteiger charge is -2.49. The van der Waals surface area contributed by atoms with Crippen LogP contribution < -0.4 is 5.73 Å². The smallest absolute Gasteiger partial charge is 0.406 e. The van der Waals surface area contributed by atoms with Crippen molar-refractivity contribution in [1.29, 1.82) is 0 Å². The van der Waals surface area contributed by atoms with E-state index in [1.165, 1.54) is 0 Å². The van der Waals surface area contributed by atoms with Gasteiger partial charge in [0.25, 0.3) is 0 Å². The Morgan fingerprint density at radius 3 is 1.67 bits per heavy atom. The van der Waals surface area contributed by atoms with Crippen LogP contribution in [-0.2, 0) is 9.59 Å². The molecule has 0 aromatic carbocycles. The number of carboxylic acids is 2. The molecule has 0 spiro atoms. The zero-order valence-corrected chi connectivity index (χ0v) is 7.34. The lowest BCUT2D eigenvalue weighted by atomic mass is 9.57. The fourth-order valence-corrected chi connectivity index (χ4v) is 1.62. The molecule has 0 saturated heterocycles. The molecule has 0 bridgehead atoms. The quantitative estimate of drug-likeness (QED) is 0.585. The molecule has 0 aromatic rings. The number of hydrogen-bond acceptors (Lipinski definition) is 3. The van der Waals surface area contributed by atoms with Crippen LogP contribution in [0.2, 0.25) is 0 Å². The second-order valence-electron chi connectivity index (χ2n) is 3.70. The number of carbonyl (C=O) groups is 2. The summed E-state index contributed by atoms with van der Waals surface area (Å²) in [6, 6.07) is 0. The van der Waals surface area contributed by atoms with Crippen LogP contribution in [0, 0.1) is 5.41 Å². The Kier molecular flexibility index (Phi) is 2.23. The molecule has 1 aliphatic carbocycles. The number of nitrogens with two attached hydrogens (primary N) is 1. The minimum Gasteiger partial charge on any atom is -0.480 e. The zero-order chi connectivity index (χ0) is 12.1. The summed E-state index contributed by atoms with van der Waals surface area (Å²) in [7, 11) is 0. The first kappa shape index (κ1) is 11.8. The predicted molar refractivity (Wildman–Crippen MR) is 39.9 cm³/mol. The van der Waals surface area contributed by atoms with E-state index in [1.54, 1.807) is 0 Å². The van der Waals surface area contributed by atoms with Crippen LogP contribution in [-0.4, -0.2) is 33.9 Å². The second kappa shape index (κ2) is 2.84. The van der Waals surface area contributed by atoms with Gasteiger partial charge < -0.3 is 15.9 Å². The lowest BCUT2D eigenvalue weighted by Crippen LogP contribution is -2.70. The molecule has 86 valence electrons. The molecule has 1 rings (SSSR count). The van der Waals surface area contributed by atoms with Crippen LogP contribution in [0.25, 0.3) is 0 Å². The molecule has 5 nitrogen and oxygen atoms in total. The molecule has 0 aliphatic heterocycles. The summed E-state index contributed by atoms with van der Waals surface area (Å²) in [6.45, 7) is 0. The highest BCUT2D eigenvalue weighted by Gasteiger charge is 2.71. The molecular formula is C7H8F3NO4. The Bertz CT molecular complexity index is 303. The molecular weight excluding hydrogens is 219 g/mol. The fourth-order valence-electron chi connectivity index (χ4n) is 1.62. The minimum atomic E-state index is -4.79. The van der Waals surface area contributed by atoms with E-state index < -0.39 is 41.9 Å². The highest BCUT2D eigenvalue weighted by atomic mass is 19.4. The Balaban J connectivity index is 2.92. The molecule has 0 aromatic heterocycles. The van der Waals surface area contributed by atoms with E-state index in [4.69, 9.17) is 15.9 Å². The summed E-state index contributed by atoms with van der Waals surface area (Å²) in [5, 5.41) is 17.1. The summed E-state index contributed by atoms with van der Waals surface area (Å²) in [5.41, 5.74) is -0.224. The minimum absolute atomic E-state index is 1.13. The topological polar surface area (TPSA) is 101 Å². The Morgan fingerprint density at radius 1 is 1.13 bits per heavy atom. The van der Waals surface area contributed by atoms with Crippen molar-refractivity contribution in [2.45, 2.75) is 24.6 Å². The Hall–Kier alpha value is -1.31. The van der Waals surface area contributed by atoms with Gasteiger partial charge in [0.05, 0.1) is 0 Å². The number of alkyl halides is 3. The van der Waals surface area contributed by atoms with Gasteiger partial charge in [0.1, 0.15) is 5.54 Å². The highest BCUT2D eigenvalue weighted by molar-refractivity contribution is 6.00. The summed E-state index contributed by atoms with van der Waals surface area (Å²) in [5.74, 6) is -3.58. The maximum absolute atomic E-state index is 12.2. The first-order valence-electron chi connectivity index (χ1n) is 3.88. The van der Waals surface area contributed by atoms with Crippen molar-refractivity contribution in [1.82, 2.24) is 0 Å². The normalized spacial score (nSPS) is 22.9. The van der Waals surface area contributed by atoms with Gasteiger partial charge in [-0.15, -0.1) is 0 Å². The lowest BCUT2D eigenvalue weighted by molar-refractivity contribution is -0.239. The van der Waals surface area contributed by atoms with Gasteiger partial charge in [-0.05, 0) is 0 Å². The number of rotatable bonds is 2. The molecule has 0 amide bonds. The van der Waals surface area contributed by atoms with Crippen LogP contribution in [0.4, 0.5) is 13.2 Å². The van der Waals surface area contributed by atoms with Crippen molar-refractivity contribution in [2.24, 2.45) is 11.1 Å². The van der Waals surface area contributed by atoms with Crippen molar-refractivity contribution in [3.8, 4) is 0 Å². The van der Waals surface area contributed by atoms with E-state index >= 15 is 0 Å². The van der Waals surface area contributed by atoms with Gasteiger partial charge in [-0.2, -0.15) is 13.2 Å². The molecule has 1 fully saturated rings. The molecule has 4 N–H and O–H groups in total. The standard InChI is InChI=1S/C7H8F3NO4/c8-7(9,10)6(11)1-5(2-6,3(12)13)4(14)15/h1-2,11H2,(H,12,13)(H,14,15). The SMILES string of the molecule is NC1(C(F)(F)F)CC(C(=O)O)(C(=O)O)C1. The van der Waals surface area contributed by atoms with Gasteiger partial charge in [0, 0.05) is 12.8 Å². The van der Waals surface area contributed by atoms with Gasteiger partial charge in [-0.3, -0.25) is 9.59 Å². The maximum atomic E-state index is 12.2. The van der Waals surface area contributed by atoms with Crippen molar-refractivity contribution in [2.75, 3.05) is 0 Å². The summed E-state index contributed by atoms with van der Waals surface area (Å²) < 4.78 is 36.7. The van der Waals surface area contributed by atoms with E-state index in [1.807, 2.05) is 0 Å². The van der Waals surface area contributed by atoms with E-state index in [9.17, 15) is 22.8 Å². The van der Waals surface area contributed by atoms with Gasteiger partial charge >= 0.3 is 18.1 Å². The number of hydrogen-bond donors (Lipinski definition) is 3. The fraction of sp³-hybridized carbons (Fsp3) is 0.714. The van der Waals surface area contributed by atoms with Gasteiger partial charge in [-0.25, -0.2) is 0 Å². The molecule has 8 heteroatoms. The van der Waals surface area contributed by atoms with Crippen LogP contribution in [0.5, 0.6) is 0 Å². The Labute approximate surface area is 81.7 Å². The Morgan fingerprint density at radius 2 is 1.47 bits per heavy atom. The van der Waals surface area contributed by atoms with E-state index in [0.29, 0.717) is 0 Å². The predicted octanol–water partition coefficient (Wildman–Crippen LogP) is 0.196.